The van der Waals surface area contributed by atoms with Gasteiger partial charge in [-0.05, 0) is 31.5 Å². The van der Waals surface area contributed by atoms with Gasteiger partial charge in [0.25, 0.3) is 0 Å². The minimum absolute atomic E-state index is 0.0437. The van der Waals surface area contributed by atoms with Crippen LogP contribution in [0.1, 0.15) is 25.5 Å². The average molecular weight is 213 g/mol. The summed E-state index contributed by atoms with van der Waals surface area (Å²) in [5.74, 6) is 0.703. The molecule has 3 heteroatoms. The van der Waals surface area contributed by atoms with Crippen molar-refractivity contribution in [3.8, 4) is 5.75 Å². The van der Waals surface area contributed by atoms with Crippen molar-refractivity contribution in [1.82, 2.24) is 0 Å². The van der Waals surface area contributed by atoms with Crippen molar-refractivity contribution in [2.45, 2.75) is 25.6 Å². The third-order valence-electron chi connectivity index (χ3n) is 2.47. The Kier molecular flexibility index (Phi) is 2.20. The van der Waals surface area contributed by atoms with Gasteiger partial charge in [0.05, 0.1) is 17.7 Å². The van der Waals surface area contributed by atoms with Gasteiger partial charge in [0.15, 0.2) is 0 Å². The van der Waals surface area contributed by atoms with E-state index in [0.29, 0.717) is 10.8 Å². The molecule has 14 heavy (non-hydrogen) atoms. The van der Waals surface area contributed by atoms with Gasteiger partial charge in [0, 0.05) is 0 Å². The molecule has 1 aromatic carbocycles. The summed E-state index contributed by atoms with van der Waals surface area (Å²) in [4.78, 5) is 0. The molecule has 0 aliphatic carbocycles. The maximum absolute atomic E-state index is 6.01. The van der Waals surface area contributed by atoms with Gasteiger partial charge in [-0.3, -0.25) is 0 Å². The third kappa shape index (κ3) is 1.60. The predicted molar refractivity (Wildman–Crippen MR) is 55.9 cm³/mol. The Morgan fingerprint density at radius 1 is 1.43 bits per heavy atom. The number of halogens is 1. The molecule has 0 aromatic heterocycles. The summed E-state index contributed by atoms with van der Waals surface area (Å²) >= 11 is 6.01. The van der Waals surface area contributed by atoms with E-state index in [1.807, 2.05) is 18.2 Å². The molecule has 76 valence electrons. The van der Waals surface area contributed by atoms with E-state index in [9.17, 15) is 0 Å². The molecule has 0 spiro atoms. The van der Waals surface area contributed by atoms with E-state index in [0.717, 1.165) is 5.56 Å². The number of epoxide rings is 1. The van der Waals surface area contributed by atoms with Crippen molar-refractivity contribution >= 4 is 11.6 Å². The topological polar surface area (TPSA) is 21.8 Å². The van der Waals surface area contributed by atoms with Crippen molar-refractivity contribution in [1.29, 1.82) is 0 Å². The molecule has 0 bridgehead atoms. The average Bonchev–Trinajstić information content (AvgIpc) is 2.75. The Bertz CT molecular complexity index is 360. The minimum atomic E-state index is -0.0437. The van der Waals surface area contributed by atoms with Crippen molar-refractivity contribution in [3.05, 3.63) is 28.8 Å². The summed E-state index contributed by atoms with van der Waals surface area (Å²) in [5.41, 5.74) is 1.07. The highest BCUT2D eigenvalue weighted by atomic mass is 35.5. The fourth-order valence-electron chi connectivity index (χ4n) is 1.58. The molecule has 1 aliphatic heterocycles. The van der Waals surface area contributed by atoms with Crippen LogP contribution in [0.5, 0.6) is 5.75 Å². The van der Waals surface area contributed by atoms with Crippen LogP contribution >= 0.6 is 11.6 Å². The number of methoxy groups -OCH3 is 1. The summed E-state index contributed by atoms with van der Waals surface area (Å²) in [6, 6.07) is 5.76. The van der Waals surface area contributed by atoms with E-state index in [2.05, 4.69) is 13.8 Å². The Labute approximate surface area is 88.8 Å². The highest BCUT2D eigenvalue weighted by Crippen LogP contribution is 2.49. The van der Waals surface area contributed by atoms with Gasteiger partial charge in [-0.1, -0.05) is 17.7 Å². The summed E-state index contributed by atoms with van der Waals surface area (Å²) in [6.45, 7) is 4.13. The predicted octanol–water partition coefficient (Wildman–Crippen LogP) is 3.20. The molecule has 1 heterocycles. The zero-order valence-electron chi connectivity index (χ0n) is 8.50. The van der Waals surface area contributed by atoms with Crippen molar-refractivity contribution < 1.29 is 9.47 Å². The molecular weight excluding hydrogens is 200 g/mol. The summed E-state index contributed by atoms with van der Waals surface area (Å²) in [7, 11) is 1.61. The number of hydrogen-bond donors (Lipinski definition) is 0. The maximum atomic E-state index is 6.01. The molecule has 1 aromatic rings. The smallest absolute Gasteiger partial charge is 0.137 e. The first-order valence-electron chi connectivity index (χ1n) is 4.56. The molecule has 2 nitrogen and oxygen atoms in total. The molecular formula is C11H13ClO2. The highest BCUT2D eigenvalue weighted by Gasteiger charge is 2.48. The summed E-state index contributed by atoms with van der Waals surface area (Å²) in [6.07, 6.45) is 0.172. The van der Waals surface area contributed by atoms with Crippen LogP contribution in [0.4, 0.5) is 0 Å². The van der Waals surface area contributed by atoms with Crippen LogP contribution in [0.25, 0.3) is 0 Å². The fraction of sp³-hybridized carbons (Fsp3) is 0.455. The normalized spacial score (nSPS) is 23.3. The lowest BCUT2D eigenvalue weighted by Crippen LogP contribution is -1.97. The lowest BCUT2D eigenvalue weighted by molar-refractivity contribution is 0.325. The van der Waals surface area contributed by atoms with E-state index in [1.54, 1.807) is 7.11 Å². The van der Waals surface area contributed by atoms with E-state index in [-0.39, 0.29) is 11.7 Å². The van der Waals surface area contributed by atoms with Gasteiger partial charge in [-0.2, -0.15) is 0 Å². The molecule has 0 amide bonds. The lowest BCUT2D eigenvalue weighted by atomic mass is 10.0. The van der Waals surface area contributed by atoms with Crippen molar-refractivity contribution in [3.63, 3.8) is 0 Å². The molecule has 1 unspecified atom stereocenters. The van der Waals surface area contributed by atoms with Crippen molar-refractivity contribution in [2.75, 3.05) is 7.11 Å². The number of rotatable bonds is 2. The molecule has 1 fully saturated rings. The van der Waals surface area contributed by atoms with Gasteiger partial charge in [0.1, 0.15) is 11.9 Å². The Balaban J connectivity index is 2.26. The maximum Gasteiger partial charge on any atom is 0.137 e. The van der Waals surface area contributed by atoms with Gasteiger partial charge in [-0.25, -0.2) is 0 Å². The molecule has 0 saturated carbocycles. The third-order valence-corrected chi connectivity index (χ3v) is 2.77. The van der Waals surface area contributed by atoms with Crippen LogP contribution in [0.2, 0.25) is 5.02 Å². The Morgan fingerprint density at radius 3 is 2.50 bits per heavy atom. The second-order valence-electron chi connectivity index (χ2n) is 4.00. The number of ether oxygens (including phenoxy) is 2. The monoisotopic (exact) mass is 212 g/mol. The SMILES string of the molecule is COc1ccc(C2OC2(C)C)cc1Cl. The molecule has 1 saturated heterocycles. The first-order chi connectivity index (χ1) is 6.54. The van der Waals surface area contributed by atoms with E-state index >= 15 is 0 Å². The van der Waals surface area contributed by atoms with Crippen LogP contribution in [0, 0.1) is 0 Å². The minimum Gasteiger partial charge on any atom is -0.495 e. The van der Waals surface area contributed by atoms with Gasteiger partial charge < -0.3 is 9.47 Å². The second kappa shape index (κ2) is 3.14. The standard InChI is InChI=1S/C11H13ClO2/c1-11(2)10(14-11)7-4-5-9(13-3)8(12)6-7/h4-6,10H,1-3H3. The number of benzene rings is 1. The molecule has 0 radical (unpaired) electrons. The molecule has 1 aliphatic rings. The van der Waals surface area contributed by atoms with Crippen LogP contribution in [-0.2, 0) is 4.74 Å². The second-order valence-corrected chi connectivity index (χ2v) is 4.40. The van der Waals surface area contributed by atoms with E-state index in [1.165, 1.54) is 0 Å². The first-order valence-corrected chi connectivity index (χ1v) is 4.93. The Morgan fingerprint density at radius 2 is 2.07 bits per heavy atom. The number of hydrogen-bond acceptors (Lipinski definition) is 2. The first kappa shape index (κ1) is 9.81. The quantitative estimate of drug-likeness (QED) is 0.703. The van der Waals surface area contributed by atoms with Gasteiger partial charge in [-0.15, -0.1) is 0 Å². The van der Waals surface area contributed by atoms with Crippen LogP contribution in [0.15, 0.2) is 18.2 Å². The van der Waals surface area contributed by atoms with Gasteiger partial charge >= 0.3 is 0 Å². The molecule has 0 N–H and O–H groups in total. The fourth-order valence-corrected chi connectivity index (χ4v) is 1.85. The summed E-state index contributed by atoms with van der Waals surface area (Å²) < 4.78 is 10.6. The Hall–Kier alpha value is -0.730. The summed E-state index contributed by atoms with van der Waals surface area (Å²) in [5, 5.41) is 0.635. The molecule has 1 atom stereocenters. The van der Waals surface area contributed by atoms with E-state index < -0.39 is 0 Å². The van der Waals surface area contributed by atoms with E-state index in [4.69, 9.17) is 21.1 Å². The molecule has 2 rings (SSSR count). The van der Waals surface area contributed by atoms with Gasteiger partial charge in [0.2, 0.25) is 0 Å². The van der Waals surface area contributed by atoms with Crippen molar-refractivity contribution in [2.24, 2.45) is 0 Å². The zero-order valence-corrected chi connectivity index (χ0v) is 9.26. The van der Waals surface area contributed by atoms with Crippen LogP contribution < -0.4 is 4.74 Å². The highest BCUT2D eigenvalue weighted by molar-refractivity contribution is 6.32. The van der Waals surface area contributed by atoms with Crippen LogP contribution in [-0.4, -0.2) is 12.7 Å². The zero-order chi connectivity index (χ0) is 10.3. The lowest BCUT2D eigenvalue weighted by Gasteiger charge is -2.04. The van der Waals surface area contributed by atoms with Crippen LogP contribution in [0.3, 0.4) is 0 Å². The largest absolute Gasteiger partial charge is 0.495 e.